The molecule has 0 aliphatic heterocycles. The van der Waals surface area contributed by atoms with Gasteiger partial charge in [-0.3, -0.25) is 0 Å². The van der Waals surface area contributed by atoms with Crippen molar-refractivity contribution in [2.75, 3.05) is 5.73 Å². The molecule has 1 aromatic heterocycles. The molecular formula is C15H12ClFN4. The lowest BCUT2D eigenvalue weighted by Gasteiger charge is -2.04. The van der Waals surface area contributed by atoms with Crippen LogP contribution in [0.3, 0.4) is 0 Å². The lowest BCUT2D eigenvalue weighted by Crippen LogP contribution is -2.02. The molecule has 0 spiro atoms. The highest BCUT2D eigenvalue weighted by Crippen LogP contribution is 2.28. The Labute approximate surface area is 126 Å². The third-order valence-electron chi connectivity index (χ3n) is 3.21. The van der Waals surface area contributed by atoms with Crippen molar-refractivity contribution in [3.63, 3.8) is 0 Å². The van der Waals surface area contributed by atoms with E-state index in [0.717, 1.165) is 11.1 Å². The SMILES string of the molecule is Cc1cc(-c2nnn(-c3ccc(F)cc3)c2N)ccc1Cl. The van der Waals surface area contributed by atoms with Crippen molar-refractivity contribution in [2.45, 2.75) is 6.92 Å². The summed E-state index contributed by atoms with van der Waals surface area (Å²) in [6.45, 7) is 1.91. The average Bonchev–Trinajstić information content (AvgIpc) is 2.85. The van der Waals surface area contributed by atoms with Crippen molar-refractivity contribution in [1.29, 1.82) is 0 Å². The first-order valence-electron chi connectivity index (χ1n) is 6.30. The minimum absolute atomic E-state index is 0.314. The minimum atomic E-state index is -0.314. The van der Waals surface area contributed by atoms with Crippen LogP contribution < -0.4 is 5.73 Å². The predicted octanol–water partition coefficient (Wildman–Crippen LogP) is 3.62. The zero-order valence-corrected chi connectivity index (χ0v) is 12.0. The lowest BCUT2D eigenvalue weighted by atomic mass is 10.1. The van der Waals surface area contributed by atoms with E-state index < -0.39 is 0 Å². The first-order valence-corrected chi connectivity index (χ1v) is 6.67. The first-order chi connectivity index (χ1) is 10.1. The van der Waals surface area contributed by atoms with Crippen molar-refractivity contribution in [3.8, 4) is 16.9 Å². The molecule has 0 saturated heterocycles. The van der Waals surface area contributed by atoms with Gasteiger partial charge in [0.15, 0.2) is 5.82 Å². The Morgan fingerprint density at radius 3 is 2.52 bits per heavy atom. The van der Waals surface area contributed by atoms with E-state index in [1.807, 2.05) is 19.1 Å². The van der Waals surface area contributed by atoms with Crippen molar-refractivity contribution in [2.24, 2.45) is 0 Å². The number of aryl methyl sites for hydroxylation is 1. The largest absolute Gasteiger partial charge is 0.382 e. The summed E-state index contributed by atoms with van der Waals surface area (Å²) in [7, 11) is 0. The molecule has 106 valence electrons. The van der Waals surface area contributed by atoms with Gasteiger partial charge in [-0.2, -0.15) is 4.68 Å². The van der Waals surface area contributed by atoms with Gasteiger partial charge in [-0.15, -0.1) is 5.10 Å². The van der Waals surface area contributed by atoms with Gasteiger partial charge in [0.05, 0.1) is 5.69 Å². The van der Waals surface area contributed by atoms with Crippen LogP contribution >= 0.6 is 11.6 Å². The fourth-order valence-electron chi connectivity index (χ4n) is 2.06. The smallest absolute Gasteiger partial charge is 0.155 e. The van der Waals surface area contributed by atoms with Crippen LogP contribution in [-0.2, 0) is 0 Å². The molecule has 0 radical (unpaired) electrons. The van der Waals surface area contributed by atoms with Crippen LogP contribution in [0.2, 0.25) is 5.02 Å². The lowest BCUT2D eigenvalue weighted by molar-refractivity contribution is 0.627. The van der Waals surface area contributed by atoms with Crippen LogP contribution in [0.1, 0.15) is 5.56 Å². The Hall–Kier alpha value is -2.40. The highest BCUT2D eigenvalue weighted by Gasteiger charge is 2.13. The molecule has 0 aliphatic carbocycles. The molecule has 1 heterocycles. The van der Waals surface area contributed by atoms with Crippen LogP contribution in [0.15, 0.2) is 42.5 Å². The number of hydrogen-bond donors (Lipinski definition) is 1. The minimum Gasteiger partial charge on any atom is -0.382 e. The van der Waals surface area contributed by atoms with Crippen LogP contribution in [0.5, 0.6) is 0 Å². The number of rotatable bonds is 2. The molecule has 3 aromatic rings. The molecule has 6 heteroatoms. The van der Waals surface area contributed by atoms with E-state index in [9.17, 15) is 4.39 Å². The van der Waals surface area contributed by atoms with Gasteiger partial charge in [0.1, 0.15) is 11.5 Å². The number of aromatic nitrogens is 3. The Kier molecular flexibility index (Phi) is 3.35. The second kappa shape index (κ2) is 5.18. The van der Waals surface area contributed by atoms with Crippen LogP contribution in [0.4, 0.5) is 10.2 Å². The average molecular weight is 303 g/mol. The topological polar surface area (TPSA) is 56.7 Å². The molecular weight excluding hydrogens is 291 g/mol. The molecule has 0 aliphatic rings. The molecule has 2 N–H and O–H groups in total. The summed E-state index contributed by atoms with van der Waals surface area (Å²) < 4.78 is 14.4. The highest BCUT2D eigenvalue weighted by molar-refractivity contribution is 6.31. The number of nitrogen functional groups attached to an aromatic ring is 1. The first kappa shape index (κ1) is 13.6. The second-order valence-corrected chi connectivity index (χ2v) is 5.08. The van der Waals surface area contributed by atoms with E-state index >= 15 is 0 Å². The zero-order valence-electron chi connectivity index (χ0n) is 11.2. The quantitative estimate of drug-likeness (QED) is 0.786. The zero-order chi connectivity index (χ0) is 15.0. The number of nitrogens with zero attached hydrogens (tertiary/aromatic N) is 3. The Bertz CT molecular complexity index is 796. The maximum Gasteiger partial charge on any atom is 0.155 e. The normalized spacial score (nSPS) is 10.8. The van der Waals surface area contributed by atoms with Crippen molar-refractivity contribution < 1.29 is 4.39 Å². The molecule has 2 aromatic carbocycles. The van der Waals surface area contributed by atoms with E-state index in [1.165, 1.54) is 16.8 Å². The maximum absolute atomic E-state index is 13.0. The molecule has 4 nitrogen and oxygen atoms in total. The molecule has 0 fully saturated rings. The van der Waals surface area contributed by atoms with Gasteiger partial charge in [0.25, 0.3) is 0 Å². The van der Waals surface area contributed by atoms with Gasteiger partial charge >= 0.3 is 0 Å². The summed E-state index contributed by atoms with van der Waals surface area (Å²) in [5.41, 5.74) is 9.10. The Morgan fingerprint density at radius 1 is 1.14 bits per heavy atom. The number of anilines is 1. The van der Waals surface area contributed by atoms with Gasteiger partial charge in [-0.25, -0.2) is 4.39 Å². The van der Waals surface area contributed by atoms with E-state index in [2.05, 4.69) is 10.3 Å². The third kappa shape index (κ3) is 2.48. The van der Waals surface area contributed by atoms with E-state index in [-0.39, 0.29) is 5.82 Å². The van der Waals surface area contributed by atoms with Gasteiger partial charge in [0.2, 0.25) is 0 Å². The highest BCUT2D eigenvalue weighted by atomic mass is 35.5. The van der Waals surface area contributed by atoms with Crippen molar-refractivity contribution >= 4 is 17.4 Å². The number of nitrogens with two attached hydrogens (primary N) is 1. The Morgan fingerprint density at radius 2 is 1.86 bits per heavy atom. The summed E-state index contributed by atoms with van der Waals surface area (Å²) in [5.74, 6) is 0.0781. The van der Waals surface area contributed by atoms with Crippen molar-refractivity contribution in [1.82, 2.24) is 15.0 Å². The number of hydrogen-bond acceptors (Lipinski definition) is 3. The Balaban J connectivity index is 2.06. The fraction of sp³-hybridized carbons (Fsp3) is 0.0667. The molecule has 0 unspecified atom stereocenters. The van der Waals surface area contributed by atoms with Crippen LogP contribution in [0.25, 0.3) is 16.9 Å². The molecule has 0 amide bonds. The molecule has 21 heavy (non-hydrogen) atoms. The maximum atomic E-state index is 13.0. The monoisotopic (exact) mass is 302 g/mol. The predicted molar refractivity (Wildman–Crippen MR) is 80.9 cm³/mol. The summed E-state index contributed by atoms with van der Waals surface area (Å²) in [5, 5.41) is 8.82. The van der Waals surface area contributed by atoms with Crippen LogP contribution in [-0.4, -0.2) is 15.0 Å². The van der Waals surface area contributed by atoms with E-state index in [0.29, 0.717) is 22.2 Å². The standard InChI is InChI=1S/C15H12ClFN4/c1-9-8-10(2-7-13(9)16)14-15(18)21(20-19-14)12-5-3-11(17)4-6-12/h2-8H,18H2,1H3. The van der Waals surface area contributed by atoms with E-state index in [1.54, 1.807) is 18.2 Å². The molecule has 0 bridgehead atoms. The van der Waals surface area contributed by atoms with Crippen LogP contribution in [0, 0.1) is 12.7 Å². The van der Waals surface area contributed by atoms with Gasteiger partial charge in [0, 0.05) is 10.6 Å². The van der Waals surface area contributed by atoms with Gasteiger partial charge < -0.3 is 5.73 Å². The van der Waals surface area contributed by atoms with Gasteiger partial charge in [-0.1, -0.05) is 22.9 Å². The fourth-order valence-corrected chi connectivity index (χ4v) is 2.18. The summed E-state index contributed by atoms with van der Waals surface area (Å²) in [4.78, 5) is 0. The van der Waals surface area contributed by atoms with Gasteiger partial charge in [-0.05, 0) is 48.9 Å². The summed E-state index contributed by atoms with van der Waals surface area (Å²) in [6.07, 6.45) is 0. The molecule has 0 atom stereocenters. The number of benzene rings is 2. The molecule has 3 rings (SSSR count). The second-order valence-electron chi connectivity index (χ2n) is 4.68. The van der Waals surface area contributed by atoms with Crippen molar-refractivity contribution in [3.05, 3.63) is 58.9 Å². The summed E-state index contributed by atoms with van der Waals surface area (Å²) >= 11 is 6.02. The third-order valence-corrected chi connectivity index (χ3v) is 3.63. The summed E-state index contributed by atoms with van der Waals surface area (Å²) in [6, 6.07) is 11.4. The van der Waals surface area contributed by atoms with E-state index in [4.69, 9.17) is 17.3 Å². The number of halogens is 2. The molecule has 0 saturated carbocycles.